The molecule has 0 spiro atoms. The van der Waals surface area contributed by atoms with Crippen LogP contribution in [0.25, 0.3) is 0 Å². The fourth-order valence-electron chi connectivity index (χ4n) is 2.15. The largest absolute Gasteiger partial charge is 0.466 e. The van der Waals surface area contributed by atoms with Crippen molar-refractivity contribution >= 4 is 11.9 Å². The fraction of sp³-hybridized carbons (Fsp3) is 0.500. The molecular weight excluding hydrogens is 346 g/mol. The molecule has 0 saturated carbocycles. The summed E-state index contributed by atoms with van der Waals surface area (Å²) in [5, 5.41) is 0. The molecule has 0 radical (unpaired) electrons. The van der Waals surface area contributed by atoms with Crippen LogP contribution in [0.15, 0.2) is 18.2 Å². The van der Waals surface area contributed by atoms with Gasteiger partial charge in [0.05, 0.1) is 26.7 Å². The zero-order valence-corrected chi connectivity index (χ0v) is 13.9. The van der Waals surface area contributed by atoms with Crippen LogP contribution in [0, 0.1) is 11.6 Å². The number of carbonyl (C=O) groups is 2. The predicted octanol–water partition coefficient (Wildman–Crippen LogP) is 2.53. The molecule has 0 atom stereocenters. The molecule has 0 aromatic heterocycles. The summed E-state index contributed by atoms with van der Waals surface area (Å²) < 4.78 is 62.9. The number of nitrogens with zero attached hydrogens (tertiary/aromatic N) is 1. The van der Waals surface area contributed by atoms with Gasteiger partial charge in [0, 0.05) is 19.2 Å². The van der Waals surface area contributed by atoms with Gasteiger partial charge >= 0.3 is 17.9 Å². The van der Waals surface area contributed by atoms with Crippen molar-refractivity contribution in [1.82, 2.24) is 4.90 Å². The number of benzene rings is 1. The van der Waals surface area contributed by atoms with Crippen molar-refractivity contribution in [1.29, 1.82) is 0 Å². The van der Waals surface area contributed by atoms with Gasteiger partial charge in [-0.2, -0.15) is 8.78 Å². The van der Waals surface area contributed by atoms with E-state index in [4.69, 9.17) is 4.74 Å². The smallest absolute Gasteiger partial charge is 0.378 e. The molecule has 1 rings (SSSR count). The third kappa shape index (κ3) is 7.08. The number of methoxy groups -OCH3 is 1. The molecule has 1 aromatic rings. The van der Waals surface area contributed by atoms with Crippen LogP contribution in [0.4, 0.5) is 17.6 Å². The second kappa shape index (κ2) is 9.36. The molecule has 140 valence electrons. The maximum Gasteiger partial charge on any atom is 0.378 e. The Balaban J connectivity index is 2.89. The first-order valence-electron chi connectivity index (χ1n) is 7.47. The molecule has 0 fully saturated rings. The summed E-state index contributed by atoms with van der Waals surface area (Å²) in [6.45, 7) is 0.171. The Morgan fingerprint density at radius 1 is 1.16 bits per heavy atom. The Hall–Kier alpha value is -2.16. The summed E-state index contributed by atoms with van der Waals surface area (Å²) in [7, 11) is 0.821. The zero-order valence-electron chi connectivity index (χ0n) is 13.9. The van der Waals surface area contributed by atoms with Gasteiger partial charge in [0.1, 0.15) is 11.6 Å². The molecule has 0 saturated heterocycles. The SMILES string of the molecule is CCOC(=O)CCN(Cc1cc(F)cc(F)c1)CC(F)(F)C(=O)OC. The van der Waals surface area contributed by atoms with E-state index in [1.807, 2.05) is 0 Å². The van der Waals surface area contributed by atoms with E-state index in [0.717, 1.165) is 24.1 Å². The summed E-state index contributed by atoms with van der Waals surface area (Å²) in [6.07, 6.45) is -0.219. The first-order chi connectivity index (χ1) is 11.7. The van der Waals surface area contributed by atoms with Crippen LogP contribution in [0.5, 0.6) is 0 Å². The van der Waals surface area contributed by atoms with Crippen molar-refractivity contribution in [2.75, 3.05) is 26.8 Å². The molecule has 5 nitrogen and oxygen atoms in total. The molecule has 0 aliphatic heterocycles. The van der Waals surface area contributed by atoms with E-state index in [0.29, 0.717) is 6.07 Å². The number of rotatable bonds is 9. The van der Waals surface area contributed by atoms with Crippen LogP contribution in [0.1, 0.15) is 18.9 Å². The van der Waals surface area contributed by atoms with E-state index in [-0.39, 0.29) is 31.7 Å². The van der Waals surface area contributed by atoms with Gasteiger partial charge in [-0.05, 0) is 24.6 Å². The first kappa shape index (κ1) is 20.9. The van der Waals surface area contributed by atoms with E-state index >= 15 is 0 Å². The average molecular weight is 365 g/mol. The number of alkyl halides is 2. The molecular formula is C16H19F4NO4. The summed E-state index contributed by atoms with van der Waals surface area (Å²) in [5.74, 6) is -7.91. The summed E-state index contributed by atoms with van der Waals surface area (Å²) in [4.78, 5) is 23.6. The van der Waals surface area contributed by atoms with Gasteiger partial charge in [-0.25, -0.2) is 13.6 Å². The second-order valence-corrected chi connectivity index (χ2v) is 5.24. The number of halogens is 4. The van der Waals surface area contributed by atoms with Crippen molar-refractivity contribution in [3.05, 3.63) is 35.4 Å². The molecule has 9 heteroatoms. The molecule has 25 heavy (non-hydrogen) atoms. The van der Waals surface area contributed by atoms with E-state index in [1.165, 1.54) is 0 Å². The van der Waals surface area contributed by atoms with Gasteiger partial charge < -0.3 is 9.47 Å². The third-order valence-electron chi connectivity index (χ3n) is 3.17. The van der Waals surface area contributed by atoms with E-state index in [1.54, 1.807) is 6.92 Å². The highest BCUT2D eigenvalue weighted by molar-refractivity contribution is 5.77. The summed E-state index contributed by atoms with van der Waals surface area (Å²) in [6, 6.07) is 2.61. The maximum absolute atomic E-state index is 13.8. The quantitative estimate of drug-likeness (QED) is 0.497. The minimum Gasteiger partial charge on any atom is -0.466 e. The van der Waals surface area contributed by atoms with Gasteiger partial charge in [0.25, 0.3) is 0 Å². The number of hydrogen-bond donors (Lipinski definition) is 0. The van der Waals surface area contributed by atoms with Gasteiger partial charge in [0.2, 0.25) is 0 Å². The number of ether oxygens (including phenoxy) is 2. The zero-order chi connectivity index (χ0) is 19.0. The average Bonchev–Trinajstić information content (AvgIpc) is 2.50. The van der Waals surface area contributed by atoms with Crippen molar-refractivity contribution in [3.8, 4) is 0 Å². The summed E-state index contributed by atoms with van der Waals surface area (Å²) >= 11 is 0. The Bertz CT molecular complexity index is 590. The summed E-state index contributed by atoms with van der Waals surface area (Å²) in [5.41, 5.74) is 0.0852. The lowest BCUT2D eigenvalue weighted by Gasteiger charge is -2.25. The van der Waals surface area contributed by atoms with E-state index < -0.39 is 36.0 Å². The Kier molecular flexibility index (Phi) is 7.82. The molecule has 0 bridgehead atoms. The van der Waals surface area contributed by atoms with Crippen molar-refractivity contribution in [3.63, 3.8) is 0 Å². The van der Waals surface area contributed by atoms with E-state index in [2.05, 4.69) is 4.74 Å². The molecule has 0 unspecified atom stereocenters. The number of carbonyl (C=O) groups excluding carboxylic acids is 2. The lowest BCUT2D eigenvalue weighted by atomic mass is 10.1. The normalized spacial score (nSPS) is 11.5. The minimum absolute atomic E-state index is 0.0852. The molecule has 0 aliphatic carbocycles. The van der Waals surface area contributed by atoms with Gasteiger partial charge in [0.15, 0.2) is 0 Å². The predicted molar refractivity (Wildman–Crippen MR) is 79.8 cm³/mol. The van der Waals surface area contributed by atoms with Crippen LogP contribution < -0.4 is 0 Å². The highest BCUT2D eigenvalue weighted by Gasteiger charge is 2.42. The van der Waals surface area contributed by atoms with Crippen LogP contribution in [-0.4, -0.2) is 49.6 Å². The lowest BCUT2D eigenvalue weighted by molar-refractivity contribution is -0.171. The van der Waals surface area contributed by atoms with Crippen molar-refractivity contribution in [2.24, 2.45) is 0 Å². The van der Waals surface area contributed by atoms with Crippen LogP contribution in [-0.2, 0) is 25.6 Å². The van der Waals surface area contributed by atoms with Gasteiger partial charge in [-0.3, -0.25) is 9.69 Å². The molecule has 0 heterocycles. The van der Waals surface area contributed by atoms with Crippen molar-refractivity contribution in [2.45, 2.75) is 25.8 Å². The molecule has 0 aliphatic rings. The van der Waals surface area contributed by atoms with Crippen molar-refractivity contribution < 1.29 is 36.6 Å². The van der Waals surface area contributed by atoms with Gasteiger partial charge in [-0.15, -0.1) is 0 Å². The third-order valence-corrected chi connectivity index (χ3v) is 3.17. The molecule has 0 amide bonds. The van der Waals surface area contributed by atoms with Crippen LogP contribution in [0.3, 0.4) is 0 Å². The lowest BCUT2D eigenvalue weighted by Crippen LogP contribution is -2.43. The second-order valence-electron chi connectivity index (χ2n) is 5.24. The van der Waals surface area contributed by atoms with E-state index in [9.17, 15) is 27.2 Å². The van der Waals surface area contributed by atoms with Crippen LogP contribution >= 0.6 is 0 Å². The highest BCUT2D eigenvalue weighted by atomic mass is 19.3. The minimum atomic E-state index is -3.84. The number of hydrogen-bond acceptors (Lipinski definition) is 5. The monoisotopic (exact) mass is 365 g/mol. The Labute approximate surface area is 142 Å². The fourth-order valence-corrected chi connectivity index (χ4v) is 2.15. The standard InChI is InChI=1S/C16H19F4NO4/c1-3-25-14(22)4-5-21(10-16(19,20)15(23)24-2)9-11-6-12(17)8-13(18)7-11/h6-8H,3-5,9-10H2,1-2H3. The highest BCUT2D eigenvalue weighted by Crippen LogP contribution is 2.20. The molecule has 0 N–H and O–H groups in total. The first-order valence-corrected chi connectivity index (χ1v) is 7.47. The topological polar surface area (TPSA) is 55.8 Å². The molecule has 1 aromatic carbocycles. The Morgan fingerprint density at radius 3 is 2.28 bits per heavy atom. The van der Waals surface area contributed by atoms with Gasteiger partial charge in [-0.1, -0.05) is 0 Å². The number of esters is 2. The van der Waals surface area contributed by atoms with Crippen LogP contribution in [0.2, 0.25) is 0 Å². The maximum atomic E-state index is 13.8. The Morgan fingerprint density at radius 2 is 1.76 bits per heavy atom.